The fourth-order valence-corrected chi connectivity index (χ4v) is 2.38. The summed E-state index contributed by atoms with van der Waals surface area (Å²) in [5.41, 5.74) is 0.0183. The molecule has 0 bridgehead atoms. The molecule has 1 rings (SSSR count). The van der Waals surface area contributed by atoms with Crippen molar-refractivity contribution in [2.75, 3.05) is 27.2 Å². The van der Waals surface area contributed by atoms with E-state index in [0.29, 0.717) is 6.54 Å². The molecule has 128 valence electrons. The Kier molecular flexibility index (Phi) is 6.52. The van der Waals surface area contributed by atoms with E-state index in [1.54, 1.807) is 0 Å². The minimum Gasteiger partial charge on any atom is -0.496 e. The summed E-state index contributed by atoms with van der Waals surface area (Å²) in [6.07, 6.45) is 0.785. The van der Waals surface area contributed by atoms with Crippen LogP contribution in [0.15, 0.2) is 23.1 Å². The molecule has 2 amide bonds. The molecule has 0 radical (unpaired) electrons. The number of carbonyl (C=O) groups excluding carboxylic acids is 2. The van der Waals surface area contributed by atoms with Crippen LogP contribution < -0.4 is 15.2 Å². The number of likely N-dealkylation sites (N-methyl/N-ethyl adjacent to an activating group) is 1. The first-order chi connectivity index (χ1) is 10.7. The van der Waals surface area contributed by atoms with Crippen molar-refractivity contribution in [3.63, 3.8) is 0 Å². The molecule has 9 heteroatoms. The van der Waals surface area contributed by atoms with Crippen LogP contribution in [0.5, 0.6) is 5.75 Å². The van der Waals surface area contributed by atoms with Crippen LogP contribution in [0.1, 0.15) is 23.7 Å². The summed E-state index contributed by atoms with van der Waals surface area (Å²) in [6, 6.07) is 3.73. The number of ether oxygens (including phenoxy) is 1. The van der Waals surface area contributed by atoms with Crippen LogP contribution in [0.2, 0.25) is 0 Å². The highest BCUT2D eigenvalue weighted by Gasteiger charge is 2.21. The summed E-state index contributed by atoms with van der Waals surface area (Å²) < 4.78 is 27.9. The summed E-state index contributed by atoms with van der Waals surface area (Å²) in [6.45, 7) is 2.28. The van der Waals surface area contributed by atoms with Gasteiger partial charge in [-0.15, -0.1) is 0 Å². The highest BCUT2D eigenvalue weighted by atomic mass is 32.2. The molecule has 0 heterocycles. The predicted octanol–water partition coefficient (Wildman–Crippen LogP) is -0.0592. The van der Waals surface area contributed by atoms with Gasteiger partial charge in [-0.3, -0.25) is 9.59 Å². The number of nitrogens with zero attached hydrogens (tertiary/aromatic N) is 1. The average Bonchev–Trinajstić information content (AvgIpc) is 2.50. The number of nitrogens with two attached hydrogens (primary N) is 1. The van der Waals surface area contributed by atoms with Crippen molar-refractivity contribution in [3.05, 3.63) is 23.8 Å². The van der Waals surface area contributed by atoms with Gasteiger partial charge in [-0.2, -0.15) is 0 Å². The molecule has 0 atom stereocenters. The maximum atomic E-state index is 12.4. The maximum Gasteiger partial charge on any atom is 0.257 e. The summed E-state index contributed by atoms with van der Waals surface area (Å²) in [5, 5.41) is 7.73. The van der Waals surface area contributed by atoms with Crippen LogP contribution in [-0.4, -0.2) is 52.4 Å². The lowest BCUT2D eigenvalue weighted by molar-refractivity contribution is -0.121. The molecule has 0 aliphatic rings. The lowest BCUT2D eigenvalue weighted by atomic mass is 10.1. The van der Waals surface area contributed by atoms with Gasteiger partial charge in [-0.1, -0.05) is 6.92 Å². The van der Waals surface area contributed by atoms with E-state index in [1.807, 2.05) is 6.92 Å². The second kappa shape index (κ2) is 7.93. The standard InChI is InChI=1S/C14H21N3O5S/c1-4-7-16-13(18)9-17(2)14(19)11-8-10(23(15,20)21)5-6-12(11)22-3/h5-6,8H,4,7,9H2,1-3H3,(H,16,18)(H2,15,20,21). The smallest absolute Gasteiger partial charge is 0.257 e. The molecule has 3 N–H and O–H groups in total. The van der Waals surface area contributed by atoms with E-state index < -0.39 is 15.9 Å². The van der Waals surface area contributed by atoms with E-state index in [1.165, 1.54) is 31.2 Å². The van der Waals surface area contributed by atoms with Gasteiger partial charge in [0, 0.05) is 13.6 Å². The Morgan fingerprint density at radius 3 is 2.52 bits per heavy atom. The van der Waals surface area contributed by atoms with Gasteiger partial charge < -0.3 is 15.0 Å². The monoisotopic (exact) mass is 343 g/mol. The third-order valence-electron chi connectivity index (χ3n) is 3.03. The fraction of sp³-hybridized carbons (Fsp3) is 0.429. The summed E-state index contributed by atoms with van der Waals surface area (Å²) in [4.78, 5) is 25.1. The van der Waals surface area contributed by atoms with Crippen LogP contribution in [0.25, 0.3) is 0 Å². The van der Waals surface area contributed by atoms with Crippen molar-refractivity contribution in [2.24, 2.45) is 5.14 Å². The third-order valence-corrected chi connectivity index (χ3v) is 3.94. The summed E-state index contributed by atoms with van der Waals surface area (Å²) >= 11 is 0. The molecular weight excluding hydrogens is 322 g/mol. The molecule has 0 saturated heterocycles. The Labute approximate surface area is 135 Å². The Morgan fingerprint density at radius 1 is 1.35 bits per heavy atom. The first-order valence-electron chi connectivity index (χ1n) is 6.93. The zero-order valence-corrected chi connectivity index (χ0v) is 14.1. The number of amides is 2. The van der Waals surface area contributed by atoms with E-state index in [2.05, 4.69) is 5.32 Å². The Balaban J connectivity index is 3.03. The van der Waals surface area contributed by atoms with Gasteiger partial charge in [0.1, 0.15) is 5.75 Å². The highest BCUT2D eigenvalue weighted by Crippen LogP contribution is 2.23. The lowest BCUT2D eigenvalue weighted by Gasteiger charge is -2.18. The van der Waals surface area contributed by atoms with Gasteiger partial charge in [0.25, 0.3) is 5.91 Å². The first kappa shape index (κ1) is 18.9. The van der Waals surface area contributed by atoms with Crippen molar-refractivity contribution in [1.29, 1.82) is 0 Å². The van der Waals surface area contributed by atoms with E-state index >= 15 is 0 Å². The second-order valence-corrected chi connectivity index (χ2v) is 6.48. The first-order valence-corrected chi connectivity index (χ1v) is 8.48. The molecule has 0 fully saturated rings. The van der Waals surface area contributed by atoms with E-state index in [-0.39, 0.29) is 28.7 Å². The Bertz CT molecular complexity index is 688. The number of benzene rings is 1. The molecule has 1 aromatic carbocycles. The Hall–Kier alpha value is -2.13. The number of hydrogen-bond acceptors (Lipinski definition) is 5. The van der Waals surface area contributed by atoms with Crippen molar-refractivity contribution < 1.29 is 22.7 Å². The second-order valence-electron chi connectivity index (χ2n) is 4.92. The minimum absolute atomic E-state index is 0.0183. The van der Waals surface area contributed by atoms with Crippen LogP contribution >= 0.6 is 0 Å². The molecular formula is C14H21N3O5S. The van der Waals surface area contributed by atoms with E-state index in [9.17, 15) is 18.0 Å². The quantitative estimate of drug-likeness (QED) is 0.719. The number of methoxy groups -OCH3 is 1. The number of primary sulfonamides is 1. The van der Waals surface area contributed by atoms with Gasteiger partial charge in [0.2, 0.25) is 15.9 Å². The van der Waals surface area contributed by atoms with Crippen LogP contribution in [0.3, 0.4) is 0 Å². The number of sulfonamides is 1. The number of nitrogens with one attached hydrogen (secondary N) is 1. The van der Waals surface area contributed by atoms with Gasteiger partial charge in [-0.05, 0) is 24.6 Å². The molecule has 0 spiro atoms. The number of carbonyl (C=O) groups is 2. The van der Waals surface area contributed by atoms with Crippen LogP contribution in [-0.2, 0) is 14.8 Å². The normalized spacial score (nSPS) is 11.0. The van der Waals surface area contributed by atoms with E-state index in [0.717, 1.165) is 12.5 Å². The van der Waals surface area contributed by atoms with Crippen molar-refractivity contribution in [2.45, 2.75) is 18.2 Å². The third kappa shape index (κ3) is 5.22. The van der Waals surface area contributed by atoms with Gasteiger partial charge in [0.15, 0.2) is 0 Å². The molecule has 1 aromatic rings. The van der Waals surface area contributed by atoms with Crippen LogP contribution in [0.4, 0.5) is 0 Å². The van der Waals surface area contributed by atoms with Crippen molar-refractivity contribution >= 4 is 21.8 Å². The topological polar surface area (TPSA) is 119 Å². The van der Waals surface area contributed by atoms with Gasteiger partial charge in [-0.25, -0.2) is 13.6 Å². The molecule has 0 aliphatic carbocycles. The molecule has 0 unspecified atom stereocenters. The van der Waals surface area contributed by atoms with Crippen LogP contribution in [0, 0.1) is 0 Å². The SMILES string of the molecule is CCCNC(=O)CN(C)C(=O)c1cc(S(N)(=O)=O)ccc1OC. The van der Waals surface area contributed by atoms with Gasteiger partial charge in [0.05, 0.1) is 24.1 Å². The predicted molar refractivity (Wildman–Crippen MR) is 84.6 cm³/mol. The molecule has 0 saturated carbocycles. The summed E-state index contributed by atoms with van der Waals surface area (Å²) in [5.74, 6) is -0.647. The molecule has 23 heavy (non-hydrogen) atoms. The molecule has 8 nitrogen and oxygen atoms in total. The zero-order chi connectivity index (χ0) is 17.6. The van der Waals surface area contributed by atoms with Gasteiger partial charge >= 0.3 is 0 Å². The minimum atomic E-state index is -3.95. The maximum absolute atomic E-state index is 12.4. The number of hydrogen-bond donors (Lipinski definition) is 2. The average molecular weight is 343 g/mol. The van der Waals surface area contributed by atoms with E-state index in [4.69, 9.17) is 9.88 Å². The number of rotatable bonds is 7. The van der Waals surface area contributed by atoms with Crippen molar-refractivity contribution in [1.82, 2.24) is 10.2 Å². The summed E-state index contributed by atoms with van der Waals surface area (Å²) in [7, 11) is -1.15. The highest BCUT2D eigenvalue weighted by molar-refractivity contribution is 7.89. The largest absolute Gasteiger partial charge is 0.496 e. The Morgan fingerprint density at radius 2 is 2.00 bits per heavy atom. The molecule has 0 aliphatic heterocycles. The fourth-order valence-electron chi connectivity index (χ4n) is 1.84. The zero-order valence-electron chi connectivity index (χ0n) is 13.3. The molecule has 0 aromatic heterocycles. The van der Waals surface area contributed by atoms with Crippen molar-refractivity contribution in [3.8, 4) is 5.75 Å². The lowest BCUT2D eigenvalue weighted by Crippen LogP contribution is -2.38.